The molecular formula is C19H21BrN8O4. The van der Waals surface area contributed by atoms with Crippen LogP contribution in [0.3, 0.4) is 0 Å². The van der Waals surface area contributed by atoms with Gasteiger partial charge in [0.15, 0.2) is 11.3 Å². The second kappa shape index (κ2) is 8.54. The summed E-state index contributed by atoms with van der Waals surface area (Å²) in [5.41, 5.74) is -0.105. The average Bonchev–Trinajstić information content (AvgIpc) is 3.53. The van der Waals surface area contributed by atoms with Gasteiger partial charge in [0.2, 0.25) is 5.91 Å². The van der Waals surface area contributed by atoms with Crippen molar-refractivity contribution in [3.8, 4) is 0 Å². The molecule has 2 fully saturated rings. The van der Waals surface area contributed by atoms with Crippen molar-refractivity contribution < 1.29 is 9.53 Å². The Balaban J connectivity index is 1.37. The van der Waals surface area contributed by atoms with Crippen LogP contribution in [0.2, 0.25) is 0 Å². The Morgan fingerprint density at radius 2 is 1.94 bits per heavy atom. The SMILES string of the molecule is O=C(CCn1cc(Cn2c(=O)c(=O)n(C3CC3)c3nc(Br)cnc32)nn1)N1CCOCC1. The summed E-state index contributed by atoms with van der Waals surface area (Å²) in [5, 5.41) is 8.17. The molecule has 0 spiro atoms. The standard InChI is InChI=1S/C19H21BrN8O4/c20-14-9-21-16-17(22-14)28(13-1-2-13)19(31)18(30)27(16)11-12-10-26(24-23-12)4-3-15(29)25-5-7-32-8-6-25/h9-10,13H,1-8,11H2. The van der Waals surface area contributed by atoms with Crippen LogP contribution in [-0.2, 0) is 22.6 Å². The number of amides is 1. The minimum Gasteiger partial charge on any atom is -0.378 e. The number of ether oxygens (including phenoxy) is 1. The highest BCUT2D eigenvalue weighted by molar-refractivity contribution is 9.10. The lowest BCUT2D eigenvalue weighted by Crippen LogP contribution is -2.42. The number of nitrogens with zero attached hydrogens (tertiary/aromatic N) is 8. The molecule has 3 aromatic heterocycles. The number of hydrogen-bond acceptors (Lipinski definition) is 8. The van der Waals surface area contributed by atoms with Gasteiger partial charge in [-0.25, -0.2) is 9.97 Å². The molecule has 1 saturated heterocycles. The summed E-state index contributed by atoms with van der Waals surface area (Å²) in [6.07, 6.45) is 5.13. The Hall–Kier alpha value is -2.93. The van der Waals surface area contributed by atoms with Crippen LogP contribution in [0.4, 0.5) is 0 Å². The van der Waals surface area contributed by atoms with Crippen LogP contribution in [-0.4, -0.2) is 71.2 Å². The second-order valence-electron chi connectivity index (χ2n) is 7.85. The second-order valence-corrected chi connectivity index (χ2v) is 8.67. The molecule has 168 valence electrons. The molecule has 3 aromatic rings. The minimum absolute atomic E-state index is 0.0131. The molecule has 0 unspecified atom stereocenters. The van der Waals surface area contributed by atoms with Crippen molar-refractivity contribution in [3.63, 3.8) is 0 Å². The van der Waals surface area contributed by atoms with E-state index in [2.05, 4.69) is 36.2 Å². The molecule has 13 heteroatoms. The van der Waals surface area contributed by atoms with Crippen LogP contribution in [0.25, 0.3) is 11.3 Å². The van der Waals surface area contributed by atoms with Crippen LogP contribution in [0.1, 0.15) is 31.0 Å². The first-order valence-corrected chi connectivity index (χ1v) is 11.2. The average molecular weight is 505 g/mol. The third kappa shape index (κ3) is 4.09. The predicted octanol–water partition coefficient (Wildman–Crippen LogP) is -0.0607. The van der Waals surface area contributed by atoms with Crippen molar-refractivity contribution >= 4 is 33.1 Å². The number of rotatable bonds is 6. The minimum atomic E-state index is -0.668. The zero-order valence-electron chi connectivity index (χ0n) is 17.2. The fourth-order valence-corrected chi connectivity index (χ4v) is 4.07. The number of carbonyl (C=O) groups is 1. The summed E-state index contributed by atoms with van der Waals surface area (Å²) in [5.74, 6) is 0.0390. The first kappa shape index (κ1) is 20.9. The fraction of sp³-hybridized carbons (Fsp3) is 0.526. The van der Waals surface area contributed by atoms with Crippen molar-refractivity contribution in [1.82, 2.24) is 39.0 Å². The molecule has 0 atom stereocenters. The van der Waals surface area contributed by atoms with Crippen molar-refractivity contribution in [2.24, 2.45) is 0 Å². The molecule has 1 amide bonds. The third-order valence-corrected chi connectivity index (χ3v) is 5.96. The molecule has 0 aromatic carbocycles. The number of aryl methyl sites for hydroxylation is 1. The van der Waals surface area contributed by atoms with E-state index in [1.54, 1.807) is 15.8 Å². The first-order valence-electron chi connectivity index (χ1n) is 10.4. The molecule has 0 N–H and O–H groups in total. The predicted molar refractivity (Wildman–Crippen MR) is 115 cm³/mol. The highest BCUT2D eigenvalue weighted by Gasteiger charge is 2.29. The quantitative estimate of drug-likeness (QED) is 0.426. The number of fused-ring (bicyclic) bond motifs is 1. The Bertz CT molecular complexity index is 1290. The summed E-state index contributed by atoms with van der Waals surface area (Å²) in [6.45, 7) is 2.71. The van der Waals surface area contributed by atoms with Gasteiger partial charge in [-0.2, -0.15) is 0 Å². The van der Waals surface area contributed by atoms with Crippen LogP contribution < -0.4 is 11.1 Å². The van der Waals surface area contributed by atoms with E-state index in [0.29, 0.717) is 60.9 Å². The zero-order valence-corrected chi connectivity index (χ0v) is 18.8. The van der Waals surface area contributed by atoms with E-state index in [0.717, 1.165) is 12.8 Å². The van der Waals surface area contributed by atoms with Gasteiger partial charge in [0.05, 0.1) is 38.7 Å². The Labute approximate surface area is 189 Å². The van der Waals surface area contributed by atoms with E-state index >= 15 is 0 Å². The van der Waals surface area contributed by atoms with Gasteiger partial charge in [-0.1, -0.05) is 5.21 Å². The zero-order chi connectivity index (χ0) is 22.2. The van der Waals surface area contributed by atoms with Gasteiger partial charge in [-0.3, -0.25) is 28.2 Å². The van der Waals surface area contributed by atoms with Gasteiger partial charge in [0.1, 0.15) is 10.3 Å². The Morgan fingerprint density at radius 1 is 1.16 bits per heavy atom. The lowest BCUT2D eigenvalue weighted by Gasteiger charge is -2.26. The van der Waals surface area contributed by atoms with E-state index in [9.17, 15) is 14.4 Å². The lowest BCUT2D eigenvalue weighted by atomic mass is 10.3. The maximum absolute atomic E-state index is 12.9. The van der Waals surface area contributed by atoms with Gasteiger partial charge < -0.3 is 9.64 Å². The number of carbonyl (C=O) groups excluding carboxylic acids is 1. The monoisotopic (exact) mass is 504 g/mol. The Kier molecular flexibility index (Phi) is 5.59. The number of halogens is 1. The van der Waals surface area contributed by atoms with Crippen LogP contribution in [0, 0.1) is 0 Å². The molecule has 0 radical (unpaired) electrons. The summed E-state index contributed by atoms with van der Waals surface area (Å²) in [4.78, 5) is 48.5. The normalized spacial score (nSPS) is 16.6. The Morgan fingerprint density at radius 3 is 2.69 bits per heavy atom. The van der Waals surface area contributed by atoms with Gasteiger partial charge >= 0.3 is 11.1 Å². The van der Waals surface area contributed by atoms with Gasteiger partial charge in [0.25, 0.3) is 0 Å². The molecule has 5 rings (SSSR count). The lowest BCUT2D eigenvalue weighted by molar-refractivity contribution is -0.135. The van der Waals surface area contributed by atoms with E-state index < -0.39 is 11.1 Å². The molecular weight excluding hydrogens is 484 g/mol. The smallest absolute Gasteiger partial charge is 0.318 e. The molecule has 32 heavy (non-hydrogen) atoms. The summed E-state index contributed by atoms with van der Waals surface area (Å²) >= 11 is 3.29. The highest BCUT2D eigenvalue weighted by Crippen LogP contribution is 2.34. The summed E-state index contributed by atoms with van der Waals surface area (Å²) in [7, 11) is 0. The number of hydrogen-bond donors (Lipinski definition) is 0. The molecule has 12 nitrogen and oxygen atoms in total. The van der Waals surface area contributed by atoms with Crippen LogP contribution in [0.5, 0.6) is 0 Å². The number of morpholine rings is 1. The number of aromatic nitrogens is 7. The maximum atomic E-state index is 12.9. The topological polar surface area (TPSA) is 130 Å². The van der Waals surface area contributed by atoms with E-state index in [-0.39, 0.29) is 18.5 Å². The third-order valence-electron chi connectivity index (χ3n) is 5.57. The summed E-state index contributed by atoms with van der Waals surface area (Å²) < 4.78 is 10.0. The first-order chi connectivity index (χ1) is 15.5. The maximum Gasteiger partial charge on any atom is 0.318 e. The summed E-state index contributed by atoms with van der Waals surface area (Å²) in [6, 6.07) is -0.0131. The van der Waals surface area contributed by atoms with Crippen molar-refractivity contribution in [2.75, 3.05) is 26.3 Å². The van der Waals surface area contributed by atoms with Crippen LogP contribution in [0.15, 0.2) is 26.6 Å². The largest absolute Gasteiger partial charge is 0.378 e. The fourth-order valence-electron chi connectivity index (χ4n) is 3.80. The van der Waals surface area contributed by atoms with Gasteiger partial charge in [0, 0.05) is 25.6 Å². The molecule has 0 bridgehead atoms. The van der Waals surface area contributed by atoms with Crippen molar-refractivity contribution in [3.05, 3.63) is 43.4 Å². The van der Waals surface area contributed by atoms with E-state index in [4.69, 9.17) is 4.74 Å². The van der Waals surface area contributed by atoms with Crippen LogP contribution >= 0.6 is 15.9 Å². The van der Waals surface area contributed by atoms with E-state index in [1.807, 2.05) is 0 Å². The molecule has 2 aliphatic rings. The highest BCUT2D eigenvalue weighted by atomic mass is 79.9. The molecule has 1 aliphatic carbocycles. The van der Waals surface area contributed by atoms with Gasteiger partial charge in [-0.15, -0.1) is 5.10 Å². The van der Waals surface area contributed by atoms with Gasteiger partial charge in [-0.05, 0) is 28.8 Å². The van der Waals surface area contributed by atoms with Crippen molar-refractivity contribution in [2.45, 2.75) is 38.4 Å². The molecule has 1 saturated carbocycles. The van der Waals surface area contributed by atoms with E-state index in [1.165, 1.54) is 15.3 Å². The molecule has 4 heterocycles. The van der Waals surface area contributed by atoms with Crippen molar-refractivity contribution in [1.29, 1.82) is 0 Å². The molecule has 1 aliphatic heterocycles.